The first-order chi connectivity index (χ1) is 9.28. The third-order valence-corrected chi connectivity index (χ3v) is 3.81. The van der Waals surface area contributed by atoms with Gasteiger partial charge in [0.15, 0.2) is 0 Å². The van der Waals surface area contributed by atoms with Crippen molar-refractivity contribution < 1.29 is 9.84 Å². The highest BCUT2D eigenvalue weighted by atomic mass is 79.9. The smallest absolute Gasteiger partial charge is 0.122 e. The second kappa shape index (κ2) is 5.35. The first kappa shape index (κ1) is 12.7. The van der Waals surface area contributed by atoms with Crippen LogP contribution in [0.2, 0.25) is 0 Å². The number of fused-ring (bicyclic) bond motifs is 1. The molecule has 1 aliphatic heterocycles. The highest BCUT2D eigenvalue weighted by Crippen LogP contribution is 2.32. The van der Waals surface area contributed by atoms with E-state index in [0.717, 1.165) is 46.9 Å². The second-order valence-corrected chi connectivity index (χ2v) is 5.39. The molecule has 0 atom stereocenters. The van der Waals surface area contributed by atoms with Gasteiger partial charge in [-0.25, -0.2) is 4.98 Å². The van der Waals surface area contributed by atoms with Crippen molar-refractivity contribution in [3.05, 3.63) is 34.2 Å². The van der Waals surface area contributed by atoms with Gasteiger partial charge in [-0.1, -0.05) is 0 Å². The van der Waals surface area contributed by atoms with Crippen LogP contribution in [0.4, 0.5) is 0 Å². The van der Waals surface area contributed by atoms with E-state index in [1.165, 1.54) is 5.56 Å². The molecule has 1 aromatic carbocycles. The van der Waals surface area contributed by atoms with E-state index >= 15 is 0 Å². The van der Waals surface area contributed by atoms with E-state index in [1.54, 1.807) is 0 Å². The topological polar surface area (TPSA) is 58.1 Å². The maximum Gasteiger partial charge on any atom is 0.122 e. The molecule has 4 nitrogen and oxygen atoms in total. The molecule has 2 heterocycles. The first-order valence-corrected chi connectivity index (χ1v) is 7.18. The van der Waals surface area contributed by atoms with Crippen LogP contribution in [0.15, 0.2) is 22.8 Å². The Morgan fingerprint density at radius 2 is 2.32 bits per heavy atom. The fourth-order valence-corrected chi connectivity index (χ4v) is 2.87. The number of nitrogens with zero attached hydrogens (tertiary/aromatic N) is 1. The highest BCUT2D eigenvalue weighted by Gasteiger charge is 2.15. The molecule has 19 heavy (non-hydrogen) atoms. The van der Waals surface area contributed by atoms with Crippen LogP contribution >= 0.6 is 15.9 Å². The number of imidazole rings is 1. The lowest BCUT2D eigenvalue weighted by Crippen LogP contribution is -2.08. The maximum absolute atomic E-state index is 8.96. The van der Waals surface area contributed by atoms with Crippen molar-refractivity contribution in [2.75, 3.05) is 13.2 Å². The van der Waals surface area contributed by atoms with Gasteiger partial charge >= 0.3 is 0 Å². The summed E-state index contributed by atoms with van der Waals surface area (Å²) in [6.45, 7) is 0.899. The number of aromatic amines is 1. The Morgan fingerprint density at radius 3 is 3.16 bits per heavy atom. The molecule has 0 bridgehead atoms. The summed E-state index contributed by atoms with van der Waals surface area (Å²) in [6.07, 6.45) is 2.65. The fraction of sp³-hybridized carbons (Fsp3) is 0.357. The molecule has 5 heteroatoms. The van der Waals surface area contributed by atoms with Gasteiger partial charge < -0.3 is 14.8 Å². The van der Waals surface area contributed by atoms with Crippen molar-refractivity contribution >= 4 is 15.9 Å². The van der Waals surface area contributed by atoms with E-state index in [-0.39, 0.29) is 6.61 Å². The van der Waals surface area contributed by atoms with Gasteiger partial charge in [-0.05, 0) is 52.5 Å². The van der Waals surface area contributed by atoms with Gasteiger partial charge in [-0.15, -0.1) is 0 Å². The van der Waals surface area contributed by atoms with E-state index in [4.69, 9.17) is 9.84 Å². The average Bonchev–Trinajstić information content (AvgIpc) is 2.79. The van der Waals surface area contributed by atoms with Gasteiger partial charge in [0.05, 0.1) is 13.2 Å². The van der Waals surface area contributed by atoms with Crippen molar-refractivity contribution in [1.29, 1.82) is 0 Å². The van der Waals surface area contributed by atoms with Gasteiger partial charge in [0.2, 0.25) is 0 Å². The number of rotatable bonds is 3. The van der Waals surface area contributed by atoms with Crippen LogP contribution in [0.25, 0.3) is 11.3 Å². The lowest BCUT2D eigenvalue weighted by atomic mass is 10.0. The van der Waals surface area contributed by atoms with Crippen LogP contribution in [0.5, 0.6) is 5.75 Å². The minimum Gasteiger partial charge on any atom is -0.493 e. The van der Waals surface area contributed by atoms with E-state index < -0.39 is 0 Å². The van der Waals surface area contributed by atoms with Crippen LogP contribution in [-0.2, 0) is 12.8 Å². The van der Waals surface area contributed by atoms with Gasteiger partial charge in [0.25, 0.3) is 0 Å². The zero-order chi connectivity index (χ0) is 13.2. The molecule has 0 saturated heterocycles. The number of nitrogens with one attached hydrogen (secondary N) is 1. The Kier molecular flexibility index (Phi) is 3.57. The number of aryl methyl sites for hydroxylation is 1. The van der Waals surface area contributed by atoms with Gasteiger partial charge in [-0.2, -0.15) is 0 Å². The Hall–Kier alpha value is -1.33. The zero-order valence-corrected chi connectivity index (χ0v) is 12.0. The molecule has 100 valence electrons. The third kappa shape index (κ3) is 2.53. The maximum atomic E-state index is 8.96. The minimum absolute atomic E-state index is 0.0947. The number of hydrogen-bond acceptors (Lipinski definition) is 3. The monoisotopic (exact) mass is 322 g/mol. The van der Waals surface area contributed by atoms with Crippen LogP contribution in [0, 0.1) is 0 Å². The molecule has 0 spiro atoms. The molecule has 0 radical (unpaired) electrons. The number of aromatic nitrogens is 2. The molecule has 2 aromatic rings. The molecule has 0 amide bonds. The predicted octanol–water partition coefficient (Wildman–Crippen LogP) is 2.70. The number of halogens is 1. The number of ether oxygens (including phenoxy) is 1. The summed E-state index contributed by atoms with van der Waals surface area (Å²) in [6, 6.07) is 6.17. The van der Waals surface area contributed by atoms with Crippen LogP contribution in [0.1, 0.15) is 17.8 Å². The Balaban J connectivity index is 1.97. The number of benzene rings is 1. The summed E-state index contributed by atoms with van der Waals surface area (Å²) >= 11 is 3.49. The molecule has 3 rings (SSSR count). The van der Waals surface area contributed by atoms with E-state index in [0.29, 0.717) is 6.42 Å². The zero-order valence-electron chi connectivity index (χ0n) is 10.4. The van der Waals surface area contributed by atoms with Crippen molar-refractivity contribution in [3.8, 4) is 17.0 Å². The Bertz CT molecular complexity index is 595. The molecule has 0 fully saturated rings. The van der Waals surface area contributed by atoms with Crippen molar-refractivity contribution in [1.82, 2.24) is 9.97 Å². The number of H-pyrrole nitrogens is 1. The van der Waals surface area contributed by atoms with Crippen molar-refractivity contribution in [2.24, 2.45) is 0 Å². The summed E-state index contributed by atoms with van der Waals surface area (Å²) in [5, 5.41) is 8.96. The summed E-state index contributed by atoms with van der Waals surface area (Å²) in [4.78, 5) is 7.65. The van der Waals surface area contributed by atoms with Crippen LogP contribution in [0.3, 0.4) is 0 Å². The quantitative estimate of drug-likeness (QED) is 0.913. The van der Waals surface area contributed by atoms with E-state index in [1.807, 2.05) is 12.1 Å². The normalized spacial score (nSPS) is 14.0. The summed E-state index contributed by atoms with van der Waals surface area (Å²) in [7, 11) is 0. The molecule has 0 aliphatic carbocycles. The SMILES string of the molecule is OCCc1nc(-c2ccc3c(c2)CCCO3)c(Br)[nH]1. The first-order valence-electron chi connectivity index (χ1n) is 6.39. The number of aliphatic hydroxyl groups is 1. The van der Waals surface area contributed by atoms with Crippen LogP contribution in [-0.4, -0.2) is 28.3 Å². The third-order valence-electron chi connectivity index (χ3n) is 3.24. The Morgan fingerprint density at radius 1 is 1.42 bits per heavy atom. The molecule has 0 saturated carbocycles. The van der Waals surface area contributed by atoms with E-state index in [2.05, 4.69) is 32.0 Å². The minimum atomic E-state index is 0.0947. The van der Waals surface area contributed by atoms with Gasteiger partial charge in [0.1, 0.15) is 21.9 Å². The van der Waals surface area contributed by atoms with Gasteiger partial charge in [0, 0.05) is 12.0 Å². The molecule has 1 aromatic heterocycles. The van der Waals surface area contributed by atoms with Crippen molar-refractivity contribution in [3.63, 3.8) is 0 Å². The van der Waals surface area contributed by atoms with E-state index in [9.17, 15) is 0 Å². The van der Waals surface area contributed by atoms with Crippen molar-refractivity contribution in [2.45, 2.75) is 19.3 Å². The summed E-state index contributed by atoms with van der Waals surface area (Å²) in [5.41, 5.74) is 3.19. The predicted molar refractivity (Wildman–Crippen MR) is 76.3 cm³/mol. The highest BCUT2D eigenvalue weighted by molar-refractivity contribution is 9.10. The molecule has 1 aliphatic rings. The van der Waals surface area contributed by atoms with Crippen LogP contribution < -0.4 is 4.74 Å². The molecule has 0 unspecified atom stereocenters. The molecule has 2 N–H and O–H groups in total. The lowest BCUT2D eigenvalue weighted by Gasteiger charge is -2.17. The number of hydrogen-bond donors (Lipinski definition) is 2. The molecular formula is C14H15BrN2O2. The number of aliphatic hydroxyl groups excluding tert-OH is 1. The van der Waals surface area contributed by atoms with Gasteiger partial charge in [-0.3, -0.25) is 0 Å². The summed E-state index contributed by atoms with van der Waals surface area (Å²) in [5.74, 6) is 1.77. The summed E-state index contributed by atoms with van der Waals surface area (Å²) < 4.78 is 6.47. The molecular weight excluding hydrogens is 308 g/mol. The lowest BCUT2D eigenvalue weighted by molar-refractivity contribution is 0.288. The Labute approximate surface area is 120 Å². The largest absolute Gasteiger partial charge is 0.493 e. The average molecular weight is 323 g/mol. The fourth-order valence-electron chi connectivity index (χ4n) is 2.32. The standard InChI is InChI=1S/C14H15BrN2O2/c15-14-13(16-12(17-14)5-6-18)10-3-4-11-9(8-10)2-1-7-19-11/h3-4,8,18H,1-2,5-7H2,(H,16,17). The second-order valence-electron chi connectivity index (χ2n) is 4.59.